The summed E-state index contributed by atoms with van der Waals surface area (Å²) in [6, 6.07) is 5.88. The van der Waals surface area contributed by atoms with Gasteiger partial charge in [-0.15, -0.1) is 0 Å². The van der Waals surface area contributed by atoms with Crippen molar-refractivity contribution in [2.24, 2.45) is 0 Å². The Morgan fingerprint density at radius 3 is 2.33 bits per heavy atom. The van der Waals surface area contributed by atoms with E-state index in [4.69, 9.17) is 9.15 Å². The molecule has 0 aliphatic carbocycles. The summed E-state index contributed by atoms with van der Waals surface area (Å²) in [5.74, 6) is 0.406. The van der Waals surface area contributed by atoms with Crippen LogP contribution in [0.5, 0.6) is 0 Å². The third-order valence-corrected chi connectivity index (χ3v) is 6.16. The van der Waals surface area contributed by atoms with E-state index >= 15 is 0 Å². The number of aryl methyl sites for hydroxylation is 1. The van der Waals surface area contributed by atoms with Crippen LogP contribution < -0.4 is 5.63 Å². The van der Waals surface area contributed by atoms with Gasteiger partial charge >= 0.3 is 11.7 Å². The number of carbonyl (C=O) groups is 1. The Bertz CT molecular complexity index is 970. The predicted octanol–water partition coefficient (Wildman–Crippen LogP) is 2.79. The fourth-order valence-electron chi connectivity index (χ4n) is 4.44. The van der Waals surface area contributed by atoms with E-state index in [2.05, 4.69) is 31.7 Å². The van der Waals surface area contributed by atoms with Crippen molar-refractivity contribution in [3.05, 3.63) is 45.3 Å². The number of urea groups is 1. The van der Waals surface area contributed by atoms with Crippen molar-refractivity contribution in [3.8, 4) is 0 Å². The number of hydrogen-bond acceptors (Lipinski definition) is 5. The molecule has 1 aromatic carbocycles. The van der Waals surface area contributed by atoms with E-state index in [1.165, 1.54) is 5.56 Å². The predicted molar refractivity (Wildman–Crippen MR) is 116 cm³/mol. The van der Waals surface area contributed by atoms with Crippen molar-refractivity contribution >= 4 is 17.0 Å². The molecule has 2 amide bonds. The molecule has 0 saturated carbocycles. The third-order valence-electron chi connectivity index (χ3n) is 6.16. The second-order valence-corrected chi connectivity index (χ2v) is 8.60. The molecule has 0 spiro atoms. The molecule has 2 aromatic rings. The van der Waals surface area contributed by atoms with Gasteiger partial charge < -0.3 is 19.0 Å². The molecular formula is C23H31N3O4. The molecule has 2 aliphatic rings. The lowest BCUT2D eigenvalue weighted by molar-refractivity contribution is 0.0373. The van der Waals surface area contributed by atoms with Crippen LogP contribution in [0.1, 0.15) is 36.5 Å². The standard InChI is InChI=1S/C23H31N3O4/c1-16(2)19-14-20-18(13-22(27)30-21(20)12-17(19)3)15-24-4-6-25(7-5-24)23(28)26-8-10-29-11-9-26/h12-14,16H,4-11,15H2,1-3H3. The van der Waals surface area contributed by atoms with Gasteiger partial charge in [-0.25, -0.2) is 9.59 Å². The maximum absolute atomic E-state index is 12.7. The number of carbonyl (C=O) groups excluding carboxylic acids is 1. The number of rotatable bonds is 3. The molecule has 0 unspecified atom stereocenters. The minimum atomic E-state index is -0.310. The van der Waals surface area contributed by atoms with E-state index in [1.54, 1.807) is 6.07 Å². The van der Waals surface area contributed by atoms with E-state index in [0.717, 1.165) is 29.6 Å². The smallest absolute Gasteiger partial charge is 0.336 e. The topological polar surface area (TPSA) is 66.2 Å². The highest BCUT2D eigenvalue weighted by Crippen LogP contribution is 2.27. The van der Waals surface area contributed by atoms with Crippen LogP contribution in [0.4, 0.5) is 4.79 Å². The van der Waals surface area contributed by atoms with Gasteiger partial charge in [-0.05, 0) is 41.7 Å². The molecule has 162 valence electrons. The molecule has 2 saturated heterocycles. The van der Waals surface area contributed by atoms with Crippen LogP contribution in [0.3, 0.4) is 0 Å². The van der Waals surface area contributed by atoms with Gasteiger partial charge in [-0.1, -0.05) is 13.8 Å². The highest BCUT2D eigenvalue weighted by molar-refractivity contribution is 5.82. The highest BCUT2D eigenvalue weighted by atomic mass is 16.5. The largest absolute Gasteiger partial charge is 0.423 e. The first-order valence-electron chi connectivity index (χ1n) is 10.8. The van der Waals surface area contributed by atoms with Crippen molar-refractivity contribution in [3.63, 3.8) is 0 Å². The Kier molecular flexibility index (Phi) is 6.11. The number of piperazine rings is 1. The number of nitrogens with zero attached hydrogens (tertiary/aromatic N) is 3. The van der Waals surface area contributed by atoms with E-state index in [9.17, 15) is 9.59 Å². The molecular weight excluding hydrogens is 382 g/mol. The minimum absolute atomic E-state index is 0.112. The maximum Gasteiger partial charge on any atom is 0.336 e. The summed E-state index contributed by atoms with van der Waals surface area (Å²) in [6.07, 6.45) is 0. The lowest BCUT2D eigenvalue weighted by Crippen LogP contribution is -2.54. The Morgan fingerprint density at radius 2 is 1.67 bits per heavy atom. The second kappa shape index (κ2) is 8.78. The van der Waals surface area contributed by atoms with E-state index in [0.29, 0.717) is 57.4 Å². The summed E-state index contributed by atoms with van der Waals surface area (Å²) < 4.78 is 10.8. The van der Waals surface area contributed by atoms with Crippen LogP contribution in [-0.4, -0.2) is 73.2 Å². The Balaban J connectivity index is 1.48. The molecule has 0 radical (unpaired) electrons. The lowest BCUT2D eigenvalue weighted by atomic mass is 9.95. The summed E-state index contributed by atoms with van der Waals surface area (Å²) in [5, 5.41) is 1.01. The van der Waals surface area contributed by atoms with Crippen LogP contribution in [0.25, 0.3) is 11.0 Å². The molecule has 0 atom stereocenters. The Labute approximate surface area is 177 Å². The van der Waals surface area contributed by atoms with E-state index < -0.39 is 0 Å². The number of morpholine rings is 1. The van der Waals surface area contributed by atoms with Gasteiger partial charge in [0.15, 0.2) is 0 Å². The van der Waals surface area contributed by atoms with Crippen molar-refractivity contribution < 1.29 is 13.9 Å². The molecule has 7 nitrogen and oxygen atoms in total. The van der Waals surface area contributed by atoms with Gasteiger partial charge in [-0.2, -0.15) is 0 Å². The zero-order chi connectivity index (χ0) is 21.3. The third kappa shape index (κ3) is 4.37. The molecule has 0 N–H and O–H groups in total. The average molecular weight is 414 g/mol. The molecule has 0 bridgehead atoms. The van der Waals surface area contributed by atoms with Crippen molar-refractivity contribution in [2.75, 3.05) is 52.5 Å². The summed E-state index contributed by atoms with van der Waals surface area (Å²) in [4.78, 5) is 31.0. The lowest BCUT2D eigenvalue weighted by Gasteiger charge is -2.38. The quantitative estimate of drug-likeness (QED) is 0.724. The van der Waals surface area contributed by atoms with Gasteiger partial charge in [0, 0.05) is 57.3 Å². The van der Waals surface area contributed by atoms with Gasteiger partial charge in [0.05, 0.1) is 13.2 Å². The molecule has 2 aliphatic heterocycles. The summed E-state index contributed by atoms with van der Waals surface area (Å²) in [6.45, 7) is 12.7. The van der Waals surface area contributed by atoms with Crippen molar-refractivity contribution in [1.82, 2.24) is 14.7 Å². The monoisotopic (exact) mass is 413 g/mol. The van der Waals surface area contributed by atoms with Crippen LogP contribution in [0.15, 0.2) is 27.4 Å². The number of benzene rings is 1. The van der Waals surface area contributed by atoms with Gasteiger partial charge in [-0.3, -0.25) is 4.90 Å². The molecule has 7 heteroatoms. The second-order valence-electron chi connectivity index (χ2n) is 8.60. The van der Waals surface area contributed by atoms with E-state index in [1.807, 2.05) is 15.9 Å². The molecule has 4 rings (SSSR count). The average Bonchev–Trinajstić information content (AvgIpc) is 2.73. The van der Waals surface area contributed by atoms with Gasteiger partial charge in [0.25, 0.3) is 0 Å². The summed E-state index contributed by atoms with van der Waals surface area (Å²) >= 11 is 0. The first-order valence-corrected chi connectivity index (χ1v) is 10.8. The van der Waals surface area contributed by atoms with Crippen LogP contribution in [-0.2, 0) is 11.3 Å². The van der Waals surface area contributed by atoms with Crippen molar-refractivity contribution in [2.45, 2.75) is 33.2 Å². The fraction of sp³-hybridized carbons (Fsp3) is 0.565. The number of fused-ring (bicyclic) bond motifs is 1. The van der Waals surface area contributed by atoms with Crippen LogP contribution in [0, 0.1) is 6.92 Å². The number of amides is 2. The SMILES string of the molecule is Cc1cc2oc(=O)cc(CN3CCN(C(=O)N4CCOCC4)CC3)c2cc1C(C)C. The molecule has 1 aromatic heterocycles. The molecule has 2 fully saturated rings. The first kappa shape index (κ1) is 20.9. The van der Waals surface area contributed by atoms with Crippen molar-refractivity contribution in [1.29, 1.82) is 0 Å². The van der Waals surface area contributed by atoms with Crippen LogP contribution >= 0.6 is 0 Å². The zero-order valence-corrected chi connectivity index (χ0v) is 18.1. The zero-order valence-electron chi connectivity index (χ0n) is 18.1. The molecule has 3 heterocycles. The van der Waals surface area contributed by atoms with Gasteiger partial charge in [0.1, 0.15) is 5.58 Å². The summed E-state index contributed by atoms with van der Waals surface area (Å²) in [5.41, 5.74) is 3.76. The Hall–Kier alpha value is -2.38. The number of hydrogen-bond donors (Lipinski definition) is 0. The van der Waals surface area contributed by atoms with E-state index in [-0.39, 0.29) is 11.7 Å². The summed E-state index contributed by atoms with van der Waals surface area (Å²) in [7, 11) is 0. The number of ether oxygens (including phenoxy) is 1. The fourth-order valence-corrected chi connectivity index (χ4v) is 4.44. The minimum Gasteiger partial charge on any atom is -0.423 e. The van der Waals surface area contributed by atoms with Crippen LogP contribution in [0.2, 0.25) is 0 Å². The first-order chi connectivity index (χ1) is 14.4. The maximum atomic E-state index is 12.7. The normalized spacial score (nSPS) is 18.4. The van der Waals surface area contributed by atoms with Gasteiger partial charge in [0.2, 0.25) is 0 Å². The molecule has 30 heavy (non-hydrogen) atoms. The highest BCUT2D eigenvalue weighted by Gasteiger charge is 2.26. The Morgan fingerprint density at radius 1 is 1.00 bits per heavy atom.